The maximum absolute atomic E-state index is 11.1. The molecule has 12 heavy (non-hydrogen) atoms. The van der Waals surface area contributed by atoms with Crippen LogP contribution in [-0.2, 0) is 0 Å². The lowest BCUT2D eigenvalue weighted by molar-refractivity contribution is 1.32. The van der Waals surface area contributed by atoms with E-state index in [9.17, 15) is 4.79 Å². The molecule has 0 fully saturated rings. The zero-order valence-electron chi connectivity index (χ0n) is 6.06. The molecule has 2 nitrogen and oxygen atoms in total. The van der Waals surface area contributed by atoms with Crippen LogP contribution in [0.25, 0.3) is 10.1 Å². The zero-order valence-corrected chi connectivity index (χ0v) is 7.69. The molecule has 0 amide bonds. The number of benzene rings is 1. The maximum Gasteiger partial charge on any atom is 0.279 e. The molecule has 0 atom stereocenters. The van der Waals surface area contributed by atoms with E-state index in [1.165, 1.54) is 11.3 Å². The third kappa shape index (κ3) is 1.47. The normalized spacial score (nSPS) is 9.33. The Labute approximate surface area is 79.3 Å². The van der Waals surface area contributed by atoms with Crippen LogP contribution in [0.4, 0.5) is 0 Å². The van der Waals surface area contributed by atoms with E-state index in [0.717, 1.165) is 4.70 Å². The number of hydrogen-bond acceptors (Lipinski definition) is 3. The van der Waals surface area contributed by atoms with E-state index in [2.05, 4.69) is 4.98 Å². The molecule has 0 saturated carbocycles. The summed E-state index contributed by atoms with van der Waals surface area (Å²) >= 11 is 1.48. The van der Waals surface area contributed by atoms with Crippen molar-refractivity contribution in [2.24, 2.45) is 0 Å². The van der Waals surface area contributed by atoms with Gasteiger partial charge in [0.05, 0.1) is 10.9 Å². The van der Waals surface area contributed by atoms with Gasteiger partial charge < -0.3 is 0 Å². The molecular weight excluding hydrogens is 194 g/mol. The van der Waals surface area contributed by atoms with Crippen LogP contribution in [0.5, 0.6) is 0 Å². The summed E-state index contributed by atoms with van der Waals surface area (Å²) in [5.74, 6) is 0. The molecule has 1 aromatic carbocycles. The van der Waals surface area contributed by atoms with Gasteiger partial charge in [0.1, 0.15) is 0 Å². The largest absolute Gasteiger partial charge is 0.279 e. The molecule has 2 aromatic rings. The second-order valence-electron chi connectivity index (χ2n) is 2.15. The first-order valence-corrected chi connectivity index (χ1v) is 4.08. The van der Waals surface area contributed by atoms with Gasteiger partial charge in [0.25, 0.3) is 5.56 Å². The standard InChI is InChI=1S/C8H5NOS.ClH/c10-8-6-3-1-2-4-7(6)11-5-9-8;/h1-5H;1H. The first-order chi connectivity index (χ1) is 5.38. The molecule has 0 aliphatic carbocycles. The molecule has 4 heteroatoms. The van der Waals surface area contributed by atoms with Gasteiger partial charge in [-0.3, -0.25) is 4.79 Å². The Kier molecular flexibility index (Phi) is 2.78. The highest BCUT2D eigenvalue weighted by Gasteiger charge is 1.94. The molecule has 0 unspecified atom stereocenters. The second-order valence-corrected chi connectivity index (χ2v) is 3.04. The van der Waals surface area contributed by atoms with Gasteiger partial charge in [0.2, 0.25) is 0 Å². The summed E-state index contributed by atoms with van der Waals surface area (Å²) < 4.78 is 0.993. The van der Waals surface area contributed by atoms with Crippen LogP contribution in [0.15, 0.2) is 34.6 Å². The molecule has 2 rings (SSSR count). The van der Waals surface area contributed by atoms with Gasteiger partial charge in [-0.05, 0) is 12.1 Å². The highest BCUT2D eigenvalue weighted by Crippen LogP contribution is 2.11. The Morgan fingerprint density at radius 3 is 2.75 bits per heavy atom. The van der Waals surface area contributed by atoms with E-state index in [-0.39, 0.29) is 18.0 Å². The SMILES string of the molecule is Cl.O=c1ncsc2ccccc12. The summed E-state index contributed by atoms with van der Waals surface area (Å²) in [6.45, 7) is 0. The van der Waals surface area contributed by atoms with Crippen molar-refractivity contribution >= 4 is 33.8 Å². The number of fused-ring (bicyclic) bond motifs is 1. The Hall–Kier alpha value is -0.930. The topological polar surface area (TPSA) is 30.0 Å². The molecule has 62 valence electrons. The predicted octanol–water partition coefficient (Wildman–Crippen LogP) is 2.08. The molecule has 0 radical (unpaired) electrons. The van der Waals surface area contributed by atoms with Crippen molar-refractivity contribution in [3.8, 4) is 0 Å². The van der Waals surface area contributed by atoms with Gasteiger partial charge in [-0.2, -0.15) is 0 Å². The van der Waals surface area contributed by atoms with Gasteiger partial charge in [0.15, 0.2) is 0 Å². The van der Waals surface area contributed by atoms with Gasteiger partial charge in [0, 0.05) is 4.70 Å². The summed E-state index contributed by atoms with van der Waals surface area (Å²) in [6.07, 6.45) is 0. The summed E-state index contributed by atoms with van der Waals surface area (Å²) in [5, 5.41) is 0.708. The first-order valence-electron chi connectivity index (χ1n) is 3.20. The van der Waals surface area contributed by atoms with Crippen molar-refractivity contribution < 1.29 is 0 Å². The maximum atomic E-state index is 11.1. The fraction of sp³-hybridized carbons (Fsp3) is 0. The number of hydrogen-bond donors (Lipinski definition) is 0. The smallest absolute Gasteiger partial charge is 0.267 e. The minimum Gasteiger partial charge on any atom is -0.267 e. The molecule has 0 saturated heterocycles. The number of halogens is 1. The van der Waals surface area contributed by atoms with Crippen LogP contribution in [0.1, 0.15) is 0 Å². The molecule has 0 bridgehead atoms. The van der Waals surface area contributed by atoms with Gasteiger partial charge in [-0.15, -0.1) is 23.7 Å². The van der Waals surface area contributed by atoms with Gasteiger partial charge in [-0.1, -0.05) is 12.1 Å². The van der Waals surface area contributed by atoms with Crippen LogP contribution in [0.2, 0.25) is 0 Å². The van der Waals surface area contributed by atoms with E-state index in [1.54, 1.807) is 11.6 Å². The molecule has 0 aliphatic heterocycles. The molecule has 1 aromatic heterocycles. The lowest BCUT2D eigenvalue weighted by atomic mass is 10.3. The van der Waals surface area contributed by atoms with E-state index in [0.29, 0.717) is 5.39 Å². The third-order valence-corrected chi connectivity index (χ3v) is 2.29. The van der Waals surface area contributed by atoms with E-state index in [1.807, 2.05) is 18.2 Å². The summed E-state index contributed by atoms with van der Waals surface area (Å²) in [5.41, 5.74) is 1.43. The average Bonchev–Trinajstić information content (AvgIpc) is 2.06. The number of rotatable bonds is 0. The molecule has 1 heterocycles. The lowest BCUT2D eigenvalue weighted by Crippen LogP contribution is -2.02. The Morgan fingerprint density at radius 2 is 2.00 bits per heavy atom. The Balaban J connectivity index is 0.000000720. The van der Waals surface area contributed by atoms with Crippen molar-refractivity contribution in [1.82, 2.24) is 4.98 Å². The highest BCUT2D eigenvalue weighted by atomic mass is 35.5. The van der Waals surface area contributed by atoms with Crippen LogP contribution >= 0.6 is 23.7 Å². The fourth-order valence-corrected chi connectivity index (χ4v) is 1.65. The number of aromatic nitrogens is 1. The van der Waals surface area contributed by atoms with E-state index in [4.69, 9.17) is 0 Å². The highest BCUT2D eigenvalue weighted by molar-refractivity contribution is 7.16. The molecule has 0 aliphatic rings. The van der Waals surface area contributed by atoms with Crippen LogP contribution in [0.3, 0.4) is 0 Å². The van der Waals surface area contributed by atoms with Crippen molar-refractivity contribution in [1.29, 1.82) is 0 Å². The molecule has 0 spiro atoms. The summed E-state index contributed by atoms with van der Waals surface area (Å²) in [4.78, 5) is 14.7. The first kappa shape index (κ1) is 9.16. The van der Waals surface area contributed by atoms with E-state index < -0.39 is 0 Å². The zero-order chi connectivity index (χ0) is 7.68. The Bertz CT molecular complexity index is 435. The second kappa shape index (κ2) is 3.65. The minimum absolute atomic E-state index is 0. The van der Waals surface area contributed by atoms with Crippen molar-refractivity contribution in [3.05, 3.63) is 40.1 Å². The van der Waals surface area contributed by atoms with Crippen LogP contribution in [0, 0.1) is 0 Å². The molecular formula is C8H6ClNOS. The van der Waals surface area contributed by atoms with Crippen molar-refractivity contribution in [2.45, 2.75) is 0 Å². The summed E-state index contributed by atoms with van der Waals surface area (Å²) in [6, 6.07) is 7.47. The minimum atomic E-state index is -0.139. The van der Waals surface area contributed by atoms with Gasteiger partial charge >= 0.3 is 0 Å². The lowest BCUT2D eigenvalue weighted by Gasteiger charge is -1.90. The van der Waals surface area contributed by atoms with E-state index >= 15 is 0 Å². The number of nitrogens with zero attached hydrogens (tertiary/aromatic N) is 1. The van der Waals surface area contributed by atoms with Crippen LogP contribution < -0.4 is 5.56 Å². The quantitative estimate of drug-likeness (QED) is 0.650. The van der Waals surface area contributed by atoms with Crippen molar-refractivity contribution in [2.75, 3.05) is 0 Å². The average molecular weight is 200 g/mol. The Morgan fingerprint density at radius 1 is 1.25 bits per heavy atom. The monoisotopic (exact) mass is 199 g/mol. The van der Waals surface area contributed by atoms with Crippen LogP contribution in [-0.4, -0.2) is 4.98 Å². The van der Waals surface area contributed by atoms with Crippen molar-refractivity contribution in [3.63, 3.8) is 0 Å². The summed E-state index contributed by atoms with van der Waals surface area (Å²) in [7, 11) is 0. The predicted molar refractivity (Wildman–Crippen MR) is 53.1 cm³/mol. The third-order valence-electron chi connectivity index (χ3n) is 1.47. The molecule has 0 N–H and O–H groups in total. The van der Waals surface area contributed by atoms with Gasteiger partial charge in [-0.25, -0.2) is 4.98 Å². The fourth-order valence-electron chi connectivity index (χ4n) is 0.947.